The highest BCUT2D eigenvalue weighted by molar-refractivity contribution is 5.87. The third-order valence-electron chi connectivity index (χ3n) is 18.7. The number of nitrogens with zero attached hydrogens (tertiary/aromatic N) is 8. The van der Waals surface area contributed by atoms with Crippen LogP contribution in [-0.2, 0) is 0 Å². The van der Waals surface area contributed by atoms with Crippen LogP contribution < -0.4 is 0 Å². The van der Waals surface area contributed by atoms with Crippen molar-refractivity contribution in [2.75, 3.05) is 0 Å². The molecule has 8 aliphatic rings. The second-order valence-corrected chi connectivity index (χ2v) is 24.5. The Kier molecular flexibility index (Phi) is 15.0. The van der Waals surface area contributed by atoms with Gasteiger partial charge in [0.1, 0.15) is 45.5 Å². The molecule has 8 aliphatic heterocycles. The Balaban J connectivity index is 0.000000154. The molecule has 0 atom stereocenters. The van der Waals surface area contributed by atoms with Crippen molar-refractivity contribution < 1.29 is 70.2 Å². The van der Waals surface area contributed by atoms with E-state index in [1.165, 1.54) is 148 Å². The van der Waals surface area contributed by atoms with Gasteiger partial charge in [-0.3, -0.25) is 0 Å². The summed E-state index contributed by atoms with van der Waals surface area (Å²) >= 11 is 0. The van der Waals surface area contributed by atoms with E-state index in [4.69, 9.17) is 0 Å². The molecule has 8 aromatic carbocycles. The number of hydrogen-bond donors (Lipinski definition) is 0. The van der Waals surface area contributed by atoms with E-state index in [1.807, 2.05) is 0 Å². The summed E-state index contributed by atoms with van der Waals surface area (Å²) in [6.45, 7) is 0. The van der Waals surface area contributed by atoms with Crippen molar-refractivity contribution in [3.05, 3.63) is 338 Å². The van der Waals surface area contributed by atoms with Gasteiger partial charge >= 0.3 is 0 Å². The van der Waals surface area contributed by atoms with E-state index in [0.717, 1.165) is 36.5 Å². The van der Waals surface area contributed by atoms with Crippen LogP contribution in [0.4, 0.5) is 70.2 Å². The Morgan fingerprint density at radius 2 is 0.231 bits per heavy atom. The zero-order valence-electron chi connectivity index (χ0n) is 52.7. The summed E-state index contributed by atoms with van der Waals surface area (Å²) in [5.41, 5.74) is -1.27. The van der Waals surface area contributed by atoms with Crippen LogP contribution in [0.25, 0.3) is 135 Å². The molecule has 8 nitrogen and oxygen atoms in total. The van der Waals surface area contributed by atoms with Crippen LogP contribution in [0.2, 0.25) is 0 Å². The maximum Gasteiger partial charge on any atom is 0.188 e. The minimum atomic E-state index is -1.62. The molecule has 0 amide bonds. The van der Waals surface area contributed by atoms with Gasteiger partial charge in [-0.05, 0) is 93.0 Å². The molecule has 0 N–H and O–H groups in total. The molecular weight excluding hydrogens is 1380 g/mol. The third kappa shape index (κ3) is 9.93. The van der Waals surface area contributed by atoms with Crippen LogP contribution in [-0.4, -0.2) is 36.5 Å². The topological polar surface area (TPSA) is 39.4 Å². The molecule has 16 heterocycles. The molecule has 0 saturated carbocycles. The molecule has 8 aromatic heterocycles. The predicted molar refractivity (Wildman–Crippen MR) is 357 cm³/mol. The van der Waals surface area contributed by atoms with Gasteiger partial charge in [-0.15, -0.1) is 0 Å². The summed E-state index contributed by atoms with van der Waals surface area (Å²) in [6.07, 6.45) is 20.0. The van der Waals surface area contributed by atoms with Crippen LogP contribution in [0.3, 0.4) is 0 Å². The predicted octanol–water partition coefficient (Wildman–Crippen LogP) is 21.9. The molecule has 0 unspecified atom stereocenters. The first-order valence-corrected chi connectivity index (χ1v) is 31.5. The van der Waals surface area contributed by atoms with E-state index in [0.29, 0.717) is 89.0 Å². The van der Waals surface area contributed by atoms with E-state index >= 15 is 70.2 Å². The number of hydrogen-bond acceptors (Lipinski definition) is 0. The first kappa shape index (κ1) is 64.3. The van der Waals surface area contributed by atoms with Crippen molar-refractivity contribution in [1.82, 2.24) is 36.5 Å². The van der Waals surface area contributed by atoms with Gasteiger partial charge in [0, 0.05) is 144 Å². The molecule has 24 heteroatoms. The van der Waals surface area contributed by atoms with Crippen molar-refractivity contribution in [3.63, 3.8) is 0 Å². The quantitative estimate of drug-likeness (QED) is 0.107. The smallest absolute Gasteiger partial charge is 0.188 e. The summed E-state index contributed by atoms with van der Waals surface area (Å²) in [5.74, 6) is -26.0. The lowest BCUT2D eigenvalue weighted by atomic mass is 9.98. The molecule has 16 aromatic rings. The van der Waals surface area contributed by atoms with Crippen LogP contribution >= 0.6 is 0 Å². The van der Waals surface area contributed by atoms with Crippen molar-refractivity contribution in [3.8, 4) is 135 Å². The van der Waals surface area contributed by atoms with Gasteiger partial charge in [0.25, 0.3) is 0 Å². The SMILES string of the molecule is Fc1c(F)c2c(F)c(F)c1-n1ccc(c1)-c1ccccc1-c1ccn(c1)-c1c(F)c(F)c(c(F)c1F)-n1ccc(c1)-c1ccccc1-c1ccn-2c1.Fc1c(F)c2c(F)c(F)c1-n1ccc(c1)-c1ccccc1-c1ccn(c1)-c1c(F)c(F)c(c(F)c1F)-n1ccc(c1)-c1ccccc1-c1ccn-2c1. The van der Waals surface area contributed by atoms with Crippen molar-refractivity contribution >= 4 is 0 Å². The van der Waals surface area contributed by atoms with Crippen LogP contribution in [0.1, 0.15) is 0 Å². The Labute approximate surface area is 576 Å². The fourth-order valence-corrected chi connectivity index (χ4v) is 13.8. The highest BCUT2D eigenvalue weighted by atomic mass is 19.2. The zero-order valence-corrected chi connectivity index (χ0v) is 52.7. The lowest BCUT2D eigenvalue weighted by Crippen LogP contribution is -2.11. The second kappa shape index (κ2) is 24.3. The van der Waals surface area contributed by atoms with E-state index in [1.54, 1.807) is 97.1 Å². The molecule has 0 aliphatic carbocycles. The molecule has 24 bridgehead atoms. The van der Waals surface area contributed by atoms with Gasteiger partial charge in [0.05, 0.1) is 0 Å². The largest absolute Gasteiger partial charge is 0.318 e. The van der Waals surface area contributed by atoms with Crippen LogP contribution in [0.5, 0.6) is 0 Å². The molecule has 0 fully saturated rings. The molecular formula is C80H40F16N8. The summed E-state index contributed by atoms with van der Waals surface area (Å²) in [6, 6.07) is 38.2. The Morgan fingerprint density at radius 1 is 0.135 bits per heavy atom. The Bertz CT molecular complexity index is 5010. The Morgan fingerprint density at radius 3 is 0.327 bits per heavy atom. The van der Waals surface area contributed by atoms with Gasteiger partial charge in [-0.1, -0.05) is 97.1 Å². The number of aromatic nitrogens is 8. The van der Waals surface area contributed by atoms with E-state index < -0.39 is 139 Å². The van der Waals surface area contributed by atoms with Gasteiger partial charge in [0.2, 0.25) is 0 Å². The number of halogens is 16. The average Bonchev–Trinajstić information content (AvgIpc) is 1.37. The monoisotopic (exact) mass is 1420 g/mol. The number of rotatable bonds is 0. The molecule has 104 heavy (non-hydrogen) atoms. The summed E-state index contributed by atoms with van der Waals surface area (Å²) in [7, 11) is 0. The van der Waals surface area contributed by atoms with Gasteiger partial charge < -0.3 is 36.5 Å². The van der Waals surface area contributed by atoms with Gasteiger partial charge in [0.15, 0.2) is 93.1 Å². The first-order valence-electron chi connectivity index (χ1n) is 31.5. The highest BCUT2D eigenvalue weighted by Crippen LogP contribution is 2.44. The van der Waals surface area contributed by atoms with Gasteiger partial charge in [-0.25, -0.2) is 70.2 Å². The normalized spacial score (nSPS) is 11.8. The maximum atomic E-state index is 15.8. The first-order chi connectivity index (χ1) is 50.2. The van der Waals surface area contributed by atoms with Crippen LogP contribution in [0, 0.1) is 93.1 Å². The molecule has 0 saturated heterocycles. The van der Waals surface area contributed by atoms with E-state index in [9.17, 15) is 0 Å². The lowest BCUT2D eigenvalue weighted by Gasteiger charge is -2.14. The average molecular weight is 1420 g/mol. The molecule has 0 radical (unpaired) electrons. The summed E-state index contributed by atoms with van der Waals surface area (Å²) in [4.78, 5) is 0. The van der Waals surface area contributed by atoms with E-state index in [-0.39, 0.29) is 0 Å². The van der Waals surface area contributed by atoms with Crippen LogP contribution in [0.15, 0.2) is 245 Å². The minimum absolute atomic E-state index is 0.361. The Hall–Kier alpha value is -13.1. The standard InChI is InChI=1S/2C40H20F8N4/c2*41-29-31(43)39-32(44)30(42)37(29)49-13-9-21(17-49)25-5-1-2-6-26(25)22-10-14-50(18-22)38-33(45)35(47)40(36(48)34(38)46)52-16-12-24(20-52)28-8-4-3-7-27(28)23-11-15-51(39)19-23/h2*1-20H. The molecule has 24 rings (SSSR count). The highest BCUT2D eigenvalue weighted by Gasteiger charge is 2.34. The molecule has 0 spiro atoms. The zero-order chi connectivity index (χ0) is 72.0. The minimum Gasteiger partial charge on any atom is -0.318 e. The fourth-order valence-electron chi connectivity index (χ4n) is 13.8. The van der Waals surface area contributed by atoms with E-state index in [2.05, 4.69) is 0 Å². The molecule has 512 valence electrons. The maximum absolute atomic E-state index is 15.8. The van der Waals surface area contributed by atoms with Crippen molar-refractivity contribution in [1.29, 1.82) is 0 Å². The second-order valence-electron chi connectivity index (χ2n) is 24.5. The summed E-state index contributed by atoms with van der Waals surface area (Å²) < 4.78 is 260. The third-order valence-corrected chi connectivity index (χ3v) is 18.7. The number of benzene rings is 8. The summed E-state index contributed by atoms with van der Waals surface area (Å²) in [5, 5.41) is 0. The fraction of sp³-hybridized carbons (Fsp3) is 0. The van der Waals surface area contributed by atoms with Crippen molar-refractivity contribution in [2.24, 2.45) is 0 Å². The van der Waals surface area contributed by atoms with Gasteiger partial charge in [-0.2, -0.15) is 0 Å². The van der Waals surface area contributed by atoms with Crippen molar-refractivity contribution in [2.45, 2.75) is 0 Å². The lowest BCUT2D eigenvalue weighted by molar-refractivity contribution is 0.442.